The Morgan fingerprint density at radius 2 is 1.82 bits per heavy atom. The molecule has 17 heavy (non-hydrogen) atoms. The molecule has 1 heterocycles. The van der Waals surface area contributed by atoms with Crippen molar-refractivity contribution in [3.63, 3.8) is 0 Å². The number of para-hydroxylation sites is 1. The van der Waals surface area contributed by atoms with Gasteiger partial charge in [0.25, 0.3) is 0 Å². The predicted molar refractivity (Wildman–Crippen MR) is 72.6 cm³/mol. The zero-order chi connectivity index (χ0) is 11.2. The van der Waals surface area contributed by atoms with Crippen molar-refractivity contribution >= 4 is 17.4 Å². The minimum absolute atomic E-state index is 0.492. The van der Waals surface area contributed by atoms with Crippen molar-refractivity contribution in [2.45, 2.75) is 22.6 Å². The molecule has 2 aromatic rings. The lowest BCUT2D eigenvalue weighted by Gasteiger charge is -2.29. The summed E-state index contributed by atoms with van der Waals surface area (Å²) in [7, 11) is 0. The molecule has 0 aromatic heterocycles. The van der Waals surface area contributed by atoms with Gasteiger partial charge in [-0.05, 0) is 29.7 Å². The van der Waals surface area contributed by atoms with E-state index in [1.807, 2.05) is 11.8 Å². The van der Waals surface area contributed by atoms with Gasteiger partial charge in [-0.3, -0.25) is 0 Å². The second kappa shape index (κ2) is 3.54. The smallest absolute Gasteiger partial charge is 0.0642 e. The molecule has 1 nitrogen and oxygen atoms in total. The molecule has 0 spiro atoms. The lowest BCUT2D eigenvalue weighted by atomic mass is 10.1. The van der Waals surface area contributed by atoms with Crippen LogP contribution in [-0.4, -0.2) is 5.25 Å². The Morgan fingerprint density at radius 3 is 2.82 bits per heavy atom. The third kappa shape index (κ3) is 1.40. The quantitative estimate of drug-likeness (QED) is 0.749. The molecule has 0 bridgehead atoms. The molecule has 0 unspecified atom stereocenters. The number of anilines is 1. The number of nitrogens with one attached hydrogen (secondary N) is 1. The van der Waals surface area contributed by atoms with Gasteiger partial charge in [0.05, 0.1) is 6.04 Å². The van der Waals surface area contributed by atoms with E-state index in [1.54, 1.807) is 0 Å². The van der Waals surface area contributed by atoms with Gasteiger partial charge in [-0.1, -0.05) is 36.4 Å². The van der Waals surface area contributed by atoms with Gasteiger partial charge in [0, 0.05) is 15.8 Å². The lowest BCUT2D eigenvalue weighted by molar-refractivity contribution is 0.767. The maximum atomic E-state index is 3.69. The van der Waals surface area contributed by atoms with E-state index in [0.29, 0.717) is 11.3 Å². The summed E-state index contributed by atoms with van der Waals surface area (Å²) in [6.07, 6.45) is 1.19. The fourth-order valence-electron chi connectivity index (χ4n) is 2.86. The average Bonchev–Trinajstić information content (AvgIpc) is 2.73. The molecule has 0 saturated carbocycles. The largest absolute Gasteiger partial charge is 0.376 e. The van der Waals surface area contributed by atoms with Crippen molar-refractivity contribution in [2.24, 2.45) is 0 Å². The van der Waals surface area contributed by atoms with E-state index in [1.165, 1.54) is 28.1 Å². The Bertz CT molecular complexity index is 573. The monoisotopic (exact) mass is 239 g/mol. The molecule has 1 aliphatic carbocycles. The summed E-state index contributed by atoms with van der Waals surface area (Å²) in [5.41, 5.74) is 4.28. The van der Waals surface area contributed by atoms with Crippen molar-refractivity contribution in [3.05, 3.63) is 59.7 Å². The van der Waals surface area contributed by atoms with Crippen LogP contribution in [0.1, 0.15) is 17.2 Å². The molecule has 1 aliphatic heterocycles. The minimum atomic E-state index is 0.492. The molecule has 2 aromatic carbocycles. The summed E-state index contributed by atoms with van der Waals surface area (Å²) in [4.78, 5) is 1.39. The molecule has 0 saturated heterocycles. The highest BCUT2D eigenvalue weighted by molar-refractivity contribution is 8.00. The number of hydrogen-bond donors (Lipinski definition) is 1. The highest BCUT2D eigenvalue weighted by Crippen LogP contribution is 2.48. The van der Waals surface area contributed by atoms with Gasteiger partial charge in [0.15, 0.2) is 0 Å². The average molecular weight is 239 g/mol. The first kappa shape index (κ1) is 9.60. The van der Waals surface area contributed by atoms with Crippen molar-refractivity contribution in [3.8, 4) is 0 Å². The summed E-state index contributed by atoms with van der Waals surface area (Å²) in [5, 5.41) is 4.35. The van der Waals surface area contributed by atoms with Crippen molar-refractivity contribution in [1.29, 1.82) is 0 Å². The summed E-state index contributed by atoms with van der Waals surface area (Å²) < 4.78 is 0. The van der Waals surface area contributed by atoms with Crippen molar-refractivity contribution < 1.29 is 0 Å². The Hall–Kier alpha value is -1.41. The number of rotatable bonds is 0. The van der Waals surface area contributed by atoms with E-state index >= 15 is 0 Å². The van der Waals surface area contributed by atoms with Crippen LogP contribution >= 0.6 is 11.8 Å². The first-order valence-corrected chi connectivity index (χ1v) is 6.90. The molecule has 0 amide bonds. The maximum absolute atomic E-state index is 3.69. The van der Waals surface area contributed by atoms with Gasteiger partial charge in [-0.25, -0.2) is 0 Å². The molecule has 84 valence electrons. The van der Waals surface area contributed by atoms with Crippen LogP contribution in [0.5, 0.6) is 0 Å². The van der Waals surface area contributed by atoms with Crippen molar-refractivity contribution in [2.75, 3.05) is 5.32 Å². The predicted octanol–water partition coefficient (Wildman–Crippen LogP) is 3.87. The van der Waals surface area contributed by atoms with E-state index < -0.39 is 0 Å². The maximum Gasteiger partial charge on any atom is 0.0642 e. The van der Waals surface area contributed by atoms with Gasteiger partial charge >= 0.3 is 0 Å². The van der Waals surface area contributed by atoms with E-state index in [-0.39, 0.29) is 0 Å². The van der Waals surface area contributed by atoms with Crippen LogP contribution in [0, 0.1) is 0 Å². The summed E-state index contributed by atoms with van der Waals surface area (Å²) >= 11 is 2.02. The van der Waals surface area contributed by atoms with Gasteiger partial charge in [0.1, 0.15) is 0 Å². The Labute approximate surface area is 105 Å². The van der Waals surface area contributed by atoms with E-state index in [0.717, 1.165) is 0 Å². The SMILES string of the molecule is c1ccc2c(c1)C[C@H]1Sc3ccccc3N[C@@H]21. The van der Waals surface area contributed by atoms with Gasteiger partial charge in [-0.2, -0.15) is 0 Å². The number of thioether (sulfide) groups is 1. The second-order valence-electron chi connectivity index (χ2n) is 4.68. The summed E-state index contributed by atoms with van der Waals surface area (Å²) in [6.45, 7) is 0. The van der Waals surface area contributed by atoms with Gasteiger partial charge < -0.3 is 5.32 Å². The Morgan fingerprint density at radius 1 is 1.00 bits per heavy atom. The molecular weight excluding hydrogens is 226 g/mol. The van der Waals surface area contributed by atoms with Crippen LogP contribution in [-0.2, 0) is 6.42 Å². The highest BCUT2D eigenvalue weighted by atomic mass is 32.2. The van der Waals surface area contributed by atoms with Crippen LogP contribution in [0.2, 0.25) is 0 Å². The van der Waals surface area contributed by atoms with Crippen LogP contribution < -0.4 is 5.32 Å². The molecule has 4 rings (SSSR count). The molecule has 1 N–H and O–H groups in total. The van der Waals surface area contributed by atoms with Crippen LogP contribution in [0.4, 0.5) is 5.69 Å². The molecular formula is C15H13NS. The fraction of sp³-hybridized carbons (Fsp3) is 0.200. The zero-order valence-corrected chi connectivity index (χ0v) is 10.2. The topological polar surface area (TPSA) is 12.0 Å². The Balaban J connectivity index is 1.79. The first-order chi connectivity index (χ1) is 8.42. The Kier molecular flexibility index (Phi) is 2.00. The van der Waals surface area contributed by atoms with Crippen LogP contribution in [0.15, 0.2) is 53.4 Å². The van der Waals surface area contributed by atoms with E-state index in [4.69, 9.17) is 0 Å². The van der Waals surface area contributed by atoms with Gasteiger partial charge in [-0.15, -0.1) is 11.8 Å². The summed E-state index contributed by atoms with van der Waals surface area (Å²) in [6, 6.07) is 17.9. The third-order valence-corrected chi connectivity index (χ3v) is 5.01. The normalized spacial score (nSPS) is 24.5. The third-order valence-electron chi connectivity index (χ3n) is 3.66. The van der Waals surface area contributed by atoms with E-state index in [2.05, 4.69) is 53.8 Å². The number of hydrogen-bond acceptors (Lipinski definition) is 2. The fourth-order valence-corrected chi connectivity index (χ4v) is 4.21. The van der Waals surface area contributed by atoms with Crippen molar-refractivity contribution in [1.82, 2.24) is 0 Å². The molecule has 2 heteroatoms. The van der Waals surface area contributed by atoms with Crippen LogP contribution in [0.25, 0.3) is 0 Å². The first-order valence-electron chi connectivity index (χ1n) is 6.02. The van der Waals surface area contributed by atoms with Crippen LogP contribution in [0.3, 0.4) is 0 Å². The van der Waals surface area contributed by atoms with Gasteiger partial charge in [0.2, 0.25) is 0 Å². The highest BCUT2D eigenvalue weighted by Gasteiger charge is 2.36. The van der Waals surface area contributed by atoms with E-state index in [9.17, 15) is 0 Å². The minimum Gasteiger partial charge on any atom is -0.376 e. The number of benzene rings is 2. The molecule has 0 radical (unpaired) electrons. The second-order valence-corrected chi connectivity index (χ2v) is 5.96. The standard InChI is InChI=1S/C15H13NS/c1-2-6-11-10(5-1)9-14-15(11)16-12-7-3-4-8-13(12)17-14/h1-8,14-16H,9H2/t14-,15+/m1/s1. The molecule has 0 fully saturated rings. The molecule has 2 aliphatic rings. The number of fused-ring (bicyclic) bond motifs is 4. The zero-order valence-electron chi connectivity index (χ0n) is 9.39. The lowest BCUT2D eigenvalue weighted by Crippen LogP contribution is -2.22. The summed E-state index contributed by atoms with van der Waals surface area (Å²) in [5.74, 6) is 0. The molecule has 2 atom stereocenters.